The van der Waals surface area contributed by atoms with Crippen molar-refractivity contribution in [2.24, 2.45) is 0 Å². The van der Waals surface area contributed by atoms with Crippen molar-refractivity contribution in [2.45, 2.75) is 24.0 Å². The summed E-state index contributed by atoms with van der Waals surface area (Å²) in [4.78, 5) is 0. The molecule has 0 unspecified atom stereocenters. The Bertz CT molecular complexity index is 564. The van der Waals surface area contributed by atoms with E-state index in [1.54, 1.807) is 0 Å². The summed E-state index contributed by atoms with van der Waals surface area (Å²) in [5.41, 5.74) is 4.14. The number of rotatable bonds is 0. The van der Waals surface area contributed by atoms with Crippen LogP contribution in [0.1, 0.15) is 46.3 Å². The molecule has 2 heteroatoms. The summed E-state index contributed by atoms with van der Waals surface area (Å²) in [7, 11) is 0. The van der Waals surface area contributed by atoms with Gasteiger partial charge >= 0.3 is 0 Å². The van der Waals surface area contributed by atoms with Crippen molar-refractivity contribution < 1.29 is 10.2 Å². The molecule has 4 rings (SSSR count). The second kappa shape index (κ2) is 3.44. The first-order chi connectivity index (χ1) is 8.79. The topological polar surface area (TPSA) is 40.5 Å². The predicted molar refractivity (Wildman–Crippen MR) is 68.3 cm³/mol. The molecule has 0 amide bonds. The molecule has 0 saturated carbocycles. The minimum absolute atomic E-state index is 0.00796. The molecule has 2 nitrogen and oxygen atoms in total. The van der Waals surface area contributed by atoms with Crippen molar-refractivity contribution in [3.63, 3.8) is 0 Å². The van der Waals surface area contributed by atoms with Crippen LogP contribution in [-0.4, -0.2) is 10.2 Å². The lowest BCUT2D eigenvalue weighted by Gasteiger charge is -2.16. The van der Waals surface area contributed by atoms with Gasteiger partial charge in [0.05, 0.1) is 12.2 Å². The summed E-state index contributed by atoms with van der Waals surface area (Å²) < 4.78 is 0. The normalized spacial score (nSPS) is 31.9. The maximum absolute atomic E-state index is 10.5. The first-order valence-electron chi connectivity index (χ1n) is 6.33. The fraction of sp³-hybridized carbons (Fsp3) is 0.250. The van der Waals surface area contributed by atoms with Gasteiger partial charge in [-0.2, -0.15) is 0 Å². The Balaban J connectivity index is 1.95. The van der Waals surface area contributed by atoms with Gasteiger partial charge in [-0.3, -0.25) is 0 Å². The molecule has 0 heterocycles. The highest BCUT2D eigenvalue weighted by atomic mass is 16.3. The van der Waals surface area contributed by atoms with E-state index in [1.807, 2.05) is 48.5 Å². The van der Waals surface area contributed by atoms with Gasteiger partial charge in [-0.15, -0.1) is 0 Å². The van der Waals surface area contributed by atoms with Gasteiger partial charge in [-0.05, 0) is 22.3 Å². The molecule has 18 heavy (non-hydrogen) atoms. The van der Waals surface area contributed by atoms with Crippen LogP contribution in [0.5, 0.6) is 0 Å². The number of hydrogen-bond acceptors (Lipinski definition) is 2. The van der Waals surface area contributed by atoms with Crippen molar-refractivity contribution in [3.8, 4) is 0 Å². The van der Waals surface area contributed by atoms with E-state index in [9.17, 15) is 10.2 Å². The van der Waals surface area contributed by atoms with E-state index in [0.29, 0.717) is 0 Å². The molecule has 2 N–H and O–H groups in total. The molecule has 0 radical (unpaired) electrons. The summed E-state index contributed by atoms with van der Waals surface area (Å²) in [6.07, 6.45) is -0.992. The van der Waals surface area contributed by atoms with Crippen LogP contribution in [0, 0.1) is 0 Å². The Morgan fingerprint density at radius 1 is 0.556 bits per heavy atom. The second-order valence-electron chi connectivity index (χ2n) is 5.20. The largest absolute Gasteiger partial charge is 0.388 e. The molecule has 0 aromatic heterocycles. The Morgan fingerprint density at radius 2 is 0.889 bits per heavy atom. The molecule has 0 aliphatic heterocycles. The average Bonchev–Trinajstić information content (AvgIpc) is 2.87. The molecule has 0 saturated heterocycles. The highest BCUT2D eigenvalue weighted by Crippen LogP contribution is 2.61. The lowest BCUT2D eigenvalue weighted by atomic mass is 9.91. The number of hydrogen-bond donors (Lipinski definition) is 2. The first-order valence-corrected chi connectivity index (χ1v) is 6.33. The van der Waals surface area contributed by atoms with E-state index in [1.165, 1.54) is 0 Å². The monoisotopic (exact) mass is 238 g/mol. The Morgan fingerprint density at radius 3 is 1.28 bits per heavy atom. The van der Waals surface area contributed by atoms with Crippen LogP contribution in [0.2, 0.25) is 0 Å². The first kappa shape index (κ1) is 10.3. The lowest BCUT2D eigenvalue weighted by molar-refractivity contribution is 0.110. The van der Waals surface area contributed by atoms with Crippen molar-refractivity contribution in [1.82, 2.24) is 0 Å². The van der Waals surface area contributed by atoms with Gasteiger partial charge in [0.1, 0.15) is 0 Å². The van der Waals surface area contributed by atoms with Crippen molar-refractivity contribution in [1.29, 1.82) is 0 Å². The fourth-order valence-electron chi connectivity index (χ4n) is 3.67. The smallest absolute Gasteiger partial charge is 0.0868 e. The van der Waals surface area contributed by atoms with Gasteiger partial charge in [-0.1, -0.05) is 48.5 Å². The van der Waals surface area contributed by atoms with Gasteiger partial charge < -0.3 is 10.2 Å². The summed E-state index contributed by atoms with van der Waals surface area (Å²) in [6.45, 7) is 0. The van der Waals surface area contributed by atoms with Gasteiger partial charge in [0.15, 0.2) is 0 Å². The third-order valence-electron chi connectivity index (χ3n) is 4.41. The maximum Gasteiger partial charge on any atom is 0.0868 e. The van der Waals surface area contributed by atoms with Crippen molar-refractivity contribution in [2.75, 3.05) is 0 Å². The van der Waals surface area contributed by atoms with E-state index in [0.717, 1.165) is 22.3 Å². The molecule has 4 atom stereocenters. The number of benzene rings is 2. The van der Waals surface area contributed by atoms with Crippen LogP contribution in [0.3, 0.4) is 0 Å². The minimum Gasteiger partial charge on any atom is -0.388 e. The molecule has 2 aliphatic carbocycles. The van der Waals surface area contributed by atoms with E-state index in [-0.39, 0.29) is 11.8 Å². The van der Waals surface area contributed by atoms with Gasteiger partial charge in [-0.25, -0.2) is 0 Å². The lowest BCUT2D eigenvalue weighted by Crippen LogP contribution is -2.07. The standard InChI is InChI=1S/C16H14O2/c17-15-11-7-3-1-5-9(11)13-14(15)10-6-2-4-8-12(10)16(13)18/h1-8,13-18H/t13-,14-,15+,16+/m0/s1. The summed E-state index contributed by atoms with van der Waals surface area (Å²) in [5.74, 6) is 0.0159. The SMILES string of the molecule is O[C@@H]1c2ccccc2[C@H]2[C@@H]1c1ccccc1[C@H]2O. The number of fused-ring (bicyclic) bond motifs is 5. The molecular weight excluding hydrogens is 224 g/mol. The van der Waals surface area contributed by atoms with Crippen molar-refractivity contribution in [3.05, 3.63) is 70.8 Å². The molecule has 0 spiro atoms. The molecule has 90 valence electrons. The fourth-order valence-corrected chi connectivity index (χ4v) is 3.67. The zero-order valence-corrected chi connectivity index (χ0v) is 9.82. The summed E-state index contributed by atoms with van der Waals surface area (Å²) >= 11 is 0. The summed E-state index contributed by atoms with van der Waals surface area (Å²) in [5, 5.41) is 21.0. The minimum atomic E-state index is -0.496. The highest BCUT2D eigenvalue weighted by molar-refractivity contribution is 5.52. The molecule has 2 aromatic rings. The highest BCUT2D eigenvalue weighted by Gasteiger charge is 2.49. The van der Waals surface area contributed by atoms with E-state index >= 15 is 0 Å². The van der Waals surface area contributed by atoms with Crippen LogP contribution in [0.15, 0.2) is 48.5 Å². The number of aliphatic hydroxyl groups is 2. The van der Waals surface area contributed by atoms with Gasteiger partial charge in [0, 0.05) is 11.8 Å². The number of aliphatic hydroxyl groups excluding tert-OH is 2. The van der Waals surface area contributed by atoms with Crippen LogP contribution < -0.4 is 0 Å². The molecule has 0 bridgehead atoms. The van der Waals surface area contributed by atoms with Crippen LogP contribution in [-0.2, 0) is 0 Å². The van der Waals surface area contributed by atoms with Crippen LogP contribution in [0.25, 0.3) is 0 Å². The van der Waals surface area contributed by atoms with E-state index in [2.05, 4.69) is 0 Å². The third kappa shape index (κ3) is 1.10. The zero-order valence-electron chi connectivity index (χ0n) is 9.82. The van der Waals surface area contributed by atoms with E-state index in [4.69, 9.17) is 0 Å². The molecule has 2 aromatic carbocycles. The maximum atomic E-state index is 10.5. The zero-order chi connectivity index (χ0) is 12.3. The Labute approximate surface area is 106 Å². The van der Waals surface area contributed by atoms with Crippen molar-refractivity contribution >= 4 is 0 Å². The predicted octanol–water partition coefficient (Wildman–Crippen LogP) is 2.65. The van der Waals surface area contributed by atoms with Crippen LogP contribution in [0.4, 0.5) is 0 Å². The molecular formula is C16H14O2. The molecule has 2 aliphatic rings. The molecule has 0 fully saturated rings. The van der Waals surface area contributed by atoms with Crippen LogP contribution >= 0.6 is 0 Å². The second-order valence-corrected chi connectivity index (χ2v) is 5.20. The quantitative estimate of drug-likeness (QED) is 0.740. The van der Waals surface area contributed by atoms with Gasteiger partial charge in [0.25, 0.3) is 0 Å². The van der Waals surface area contributed by atoms with Gasteiger partial charge in [0.2, 0.25) is 0 Å². The average molecular weight is 238 g/mol. The Hall–Kier alpha value is -1.64. The summed E-state index contributed by atoms with van der Waals surface area (Å²) in [6, 6.07) is 15.8. The van der Waals surface area contributed by atoms with E-state index < -0.39 is 12.2 Å². The third-order valence-corrected chi connectivity index (χ3v) is 4.41. The Kier molecular flexibility index (Phi) is 1.97.